The van der Waals surface area contributed by atoms with E-state index in [1.807, 2.05) is 0 Å². The normalized spacial score (nSPS) is 43.7. The van der Waals surface area contributed by atoms with E-state index in [0.29, 0.717) is 0 Å². The number of halogens is 6. The van der Waals surface area contributed by atoms with E-state index in [1.54, 1.807) is 0 Å². The first-order chi connectivity index (χ1) is 8.45. The zero-order valence-corrected chi connectivity index (χ0v) is 13.2. The molecule has 0 spiro atoms. The zero-order valence-electron chi connectivity index (χ0n) is 8.63. The van der Waals surface area contributed by atoms with Gasteiger partial charge in [0.1, 0.15) is 9.75 Å². The number of carboxylic acids is 2. The van der Waals surface area contributed by atoms with Crippen molar-refractivity contribution < 1.29 is 19.8 Å². The number of alkyl halides is 4. The lowest BCUT2D eigenvalue weighted by molar-refractivity contribution is -0.153. The maximum atomic E-state index is 11.3. The number of allylic oxidation sites excluding steroid dienone is 2. The molecule has 106 valence electrons. The molecule has 1 fully saturated rings. The Morgan fingerprint density at radius 2 is 1.11 bits per heavy atom. The fraction of sp³-hybridized carbons (Fsp3) is 0.556. The van der Waals surface area contributed by atoms with Crippen LogP contribution in [-0.2, 0) is 9.59 Å². The number of carboxylic acid groups (broad SMARTS) is 2. The number of hydrogen-bond acceptors (Lipinski definition) is 2. The van der Waals surface area contributed by atoms with Crippen LogP contribution in [0.3, 0.4) is 0 Å². The number of rotatable bonds is 2. The van der Waals surface area contributed by atoms with Gasteiger partial charge in [0.05, 0.1) is 21.9 Å². The highest BCUT2D eigenvalue weighted by atomic mass is 35.5. The average Bonchev–Trinajstić information content (AvgIpc) is 2.48. The molecule has 10 heteroatoms. The van der Waals surface area contributed by atoms with Crippen LogP contribution >= 0.6 is 69.6 Å². The van der Waals surface area contributed by atoms with Gasteiger partial charge < -0.3 is 10.2 Å². The first-order valence-electron chi connectivity index (χ1n) is 4.73. The molecule has 2 N–H and O–H groups in total. The number of hydrogen-bond donors (Lipinski definition) is 2. The van der Waals surface area contributed by atoms with E-state index in [9.17, 15) is 19.8 Å². The summed E-state index contributed by atoms with van der Waals surface area (Å²) < 4.78 is -2.18. The van der Waals surface area contributed by atoms with E-state index in [1.165, 1.54) is 0 Å². The van der Waals surface area contributed by atoms with E-state index in [4.69, 9.17) is 69.6 Å². The number of fused-ring (bicyclic) bond motifs is 2. The van der Waals surface area contributed by atoms with Crippen LogP contribution in [0.15, 0.2) is 10.1 Å². The van der Waals surface area contributed by atoms with Crippen LogP contribution in [0.2, 0.25) is 0 Å². The summed E-state index contributed by atoms with van der Waals surface area (Å²) in [6, 6.07) is 0. The van der Waals surface area contributed by atoms with Gasteiger partial charge in [0, 0.05) is 0 Å². The number of carbonyl (C=O) groups is 2. The topological polar surface area (TPSA) is 74.6 Å². The highest BCUT2D eigenvalue weighted by molar-refractivity contribution is 6.66. The molecule has 4 atom stereocenters. The highest BCUT2D eigenvalue weighted by Crippen LogP contribution is 2.76. The van der Waals surface area contributed by atoms with Gasteiger partial charge in [-0.2, -0.15) is 0 Å². The Morgan fingerprint density at radius 3 is 1.32 bits per heavy atom. The average molecular weight is 389 g/mol. The van der Waals surface area contributed by atoms with Crippen LogP contribution in [0.25, 0.3) is 0 Å². The van der Waals surface area contributed by atoms with Crippen molar-refractivity contribution in [3.8, 4) is 0 Å². The van der Waals surface area contributed by atoms with Gasteiger partial charge in [-0.05, 0) is 0 Å². The third-order valence-electron chi connectivity index (χ3n) is 3.47. The minimum atomic E-state index is -2.18. The van der Waals surface area contributed by atoms with Gasteiger partial charge in [-0.25, -0.2) is 0 Å². The molecule has 0 radical (unpaired) electrons. The molecule has 2 rings (SSSR count). The molecule has 2 bridgehead atoms. The van der Waals surface area contributed by atoms with Crippen molar-refractivity contribution in [2.24, 2.45) is 11.8 Å². The summed E-state index contributed by atoms with van der Waals surface area (Å²) in [5.41, 5.74) is 0. The summed E-state index contributed by atoms with van der Waals surface area (Å²) in [6.07, 6.45) is 0. The van der Waals surface area contributed by atoms with Crippen molar-refractivity contribution >= 4 is 81.5 Å². The fourth-order valence-corrected chi connectivity index (χ4v) is 5.54. The van der Waals surface area contributed by atoms with Crippen LogP contribution in [0.1, 0.15) is 0 Å². The van der Waals surface area contributed by atoms with Gasteiger partial charge in [-0.3, -0.25) is 9.59 Å². The van der Waals surface area contributed by atoms with Gasteiger partial charge in [0.15, 0.2) is 4.33 Å². The van der Waals surface area contributed by atoms with Crippen LogP contribution in [-0.4, -0.2) is 36.2 Å². The third kappa shape index (κ3) is 1.46. The smallest absolute Gasteiger partial charge is 0.309 e. The van der Waals surface area contributed by atoms with Gasteiger partial charge in [-0.1, -0.05) is 46.4 Å². The minimum Gasteiger partial charge on any atom is -0.481 e. The lowest BCUT2D eigenvalue weighted by atomic mass is 9.82. The van der Waals surface area contributed by atoms with Gasteiger partial charge in [0.2, 0.25) is 0 Å². The molecule has 0 aromatic heterocycles. The molecule has 0 aromatic carbocycles. The quantitative estimate of drug-likeness (QED) is 0.712. The molecule has 0 amide bonds. The molecular formula is C9H4Cl6O4. The maximum Gasteiger partial charge on any atom is 0.309 e. The van der Waals surface area contributed by atoms with Crippen molar-refractivity contribution in [3.05, 3.63) is 10.1 Å². The Bertz CT molecular complexity index is 487. The molecule has 2 aliphatic rings. The van der Waals surface area contributed by atoms with Crippen molar-refractivity contribution in [3.63, 3.8) is 0 Å². The van der Waals surface area contributed by atoms with Gasteiger partial charge in [-0.15, -0.1) is 23.2 Å². The van der Waals surface area contributed by atoms with Crippen molar-refractivity contribution in [2.75, 3.05) is 0 Å². The largest absolute Gasteiger partial charge is 0.481 e. The molecule has 0 aliphatic heterocycles. The summed E-state index contributed by atoms with van der Waals surface area (Å²) in [6.45, 7) is 0. The van der Waals surface area contributed by atoms with Crippen LogP contribution < -0.4 is 0 Å². The van der Waals surface area contributed by atoms with E-state index < -0.39 is 37.9 Å². The summed E-state index contributed by atoms with van der Waals surface area (Å²) in [5, 5.41) is 17.8. The Hall–Kier alpha value is 0.420. The zero-order chi connectivity index (χ0) is 15.0. The molecule has 0 aromatic rings. The second-order valence-electron chi connectivity index (χ2n) is 4.26. The monoisotopic (exact) mass is 386 g/mol. The second kappa shape index (κ2) is 4.21. The van der Waals surface area contributed by atoms with Crippen LogP contribution in [0.4, 0.5) is 0 Å². The van der Waals surface area contributed by atoms with Crippen molar-refractivity contribution in [1.82, 2.24) is 0 Å². The minimum absolute atomic E-state index is 0.347. The molecule has 2 aliphatic carbocycles. The maximum absolute atomic E-state index is 11.3. The second-order valence-corrected chi connectivity index (χ2v) is 7.53. The Kier molecular flexibility index (Phi) is 3.50. The van der Waals surface area contributed by atoms with Crippen molar-refractivity contribution in [1.29, 1.82) is 0 Å². The Labute approximate surface area is 137 Å². The molecule has 4 nitrogen and oxygen atoms in total. The molecule has 0 heterocycles. The summed E-state index contributed by atoms with van der Waals surface area (Å²) in [7, 11) is 0. The first kappa shape index (κ1) is 15.8. The Morgan fingerprint density at radius 1 is 0.842 bits per heavy atom. The van der Waals surface area contributed by atoms with Crippen LogP contribution in [0.5, 0.6) is 0 Å². The Balaban J connectivity index is 2.84. The van der Waals surface area contributed by atoms with Gasteiger partial charge in [0.25, 0.3) is 0 Å². The van der Waals surface area contributed by atoms with E-state index in [0.717, 1.165) is 0 Å². The van der Waals surface area contributed by atoms with Crippen molar-refractivity contribution in [2.45, 2.75) is 14.1 Å². The SMILES string of the molecule is O=C(O)[C@H]1[C@H](C(=O)O)[C@]2(Cl)C(Cl)=C(Cl)[C@]1(Cl)C2(Cl)Cl. The molecule has 19 heavy (non-hydrogen) atoms. The summed E-state index contributed by atoms with van der Waals surface area (Å²) in [4.78, 5) is 18.5. The standard InChI is InChI=1S/C9H4Cl6O4/c10-3-4(11)8(13)2(6(18)19)1(5(16)17)7(3,12)9(8,14)15/h1-2H,(H,16,17)(H,18,19)/t1-,2-,7+,8+/m1/s1. The van der Waals surface area contributed by atoms with E-state index in [-0.39, 0.29) is 10.1 Å². The summed E-state index contributed by atoms with van der Waals surface area (Å²) >= 11 is 36.2. The molecule has 0 saturated heterocycles. The molecular weight excluding hydrogens is 385 g/mol. The molecule has 1 saturated carbocycles. The van der Waals surface area contributed by atoms with E-state index in [2.05, 4.69) is 0 Å². The summed E-state index contributed by atoms with van der Waals surface area (Å²) in [5.74, 6) is -6.49. The predicted molar refractivity (Wildman–Crippen MR) is 72.6 cm³/mol. The highest BCUT2D eigenvalue weighted by Gasteiger charge is 2.85. The first-order valence-corrected chi connectivity index (χ1v) is 7.00. The molecule has 0 unspecified atom stereocenters. The fourth-order valence-electron chi connectivity index (χ4n) is 2.61. The lowest BCUT2D eigenvalue weighted by Crippen LogP contribution is -2.45. The third-order valence-corrected chi connectivity index (χ3v) is 7.73. The van der Waals surface area contributed by atoms with Crippen LogP contribution in [0, 0.1) is 11.8 Å². The van der Waals surface area contributed by atoms with Gasteiger partial charge >= 0.3 is 11.9 Å². The van der Waals surface area contributed by atoms with E-state index >= 15 is 0 Å². The predicted octanol–water partition coefficient (Wildman–Crippen LogP) is 3.23. The lowest BCUT2D eigenvalue weighted by Gasteiger charge is -2.31. The number of aliphatic carboxylic acids is 2.